The second-order valence-corrected chi connectivity index (χ2v) is 6.99. The largest absolute Gasteiger partial charge is 0.480 e. The molecule has 2 amide bonds. The predicted molar refractivity (Wildman–Crippen MR) is 105 cm³/mol. The van der Waals surface area contributed by atoms with E-state index in [1.54, 1.807) is 0 Å². The Hall–Kier alpha value is -1.71. The molecule has 0 aromatic carbocycles. The van der Waals surface area contributed by atoms with Crippen LogP contribution < -0.4 is 27.8 Å². The van der Waals surface area contributed by atoms with Gasteiger partial charge in [0.25, 0.3) is 0 Å². The Bertz CT molecular complexity index is 461. The van der Waals surface area contributed by atoms with E-state index in [2.05, 4.69) is 10.6 Å². The molecule has 4 unspecified atom stereocenters. The highest BCUT2D eigenvalue weighted by Crippen LogP contribution is 2.09. The first-order valence-electron chi connectivity index (χ1n) is 9.76. The lowest BCUT2D eigenvalue weighted by atomic mass is 9.97. The maximum atomic E-state index is 12.5. The molecule has 0 aliphatic rings. The molecule has 158 valence electrons. The summed E-state index contributed by atoms with van der Waals surface area (Å²) in [5.74, 6) is -1.65. The first-order valence-corrected chi connectivity index (χ1v) is 9.76. The number of nitrogens with one attached hydrogen (secondary N) is 2. The lowest BCUT2D eigenvalue weighted by Crippen LogP contribution is -2.54. The van der Waals surface area contributed by atoms with Crippen molar-refractivity contribution in [2.75, 3.05) is 13.1 Å². The standard InChI is InChI=1S/C18H37N5O4/c1-3-12(2)15(23-16(24)13(20)8-4-6-10-19)17(25)22-11-7-5-9-14(21)18(26)27/h12-15H,3-11,19-21H2,1-2H3,(H,22,25)(H,23,24)(H,26,27). The molecule has 27 heavy (non-hydrogen) atoms. The molecular formula is C18H37N5O4. The van der Waals surface area contributed by atoms with Crippen LogP contribution in [0.25, 0.3) is 0 Å². The predicted octanol–water partition coefficient (Wildman–Crippen LogP) is -0.328. The molecule has 0 aliphatic heterocycles. The number of rotatable bonds is 15. The van der Waals surface area contributed by atoms with Gasteiger partial charge in [-0.05, 0) is 44.6 Å². The van der Waals surface area contributed by atoms with Gasteiger partial charge in [0, 0.05) is 6.54 Å². The van der Waals surface area contributed by atoms with Gasteiger partial charge in [0.05, 0.1) is 6.04 Å². The lowest BCUT2D eigenvalue weighted by Gasteiger charge is -2.25. The van der Waals surface area contributed by atoms with E-state index in [4.69, 9.17) is 22.3 Å². The van der Waals surface area contributed by atoms with Crippen LogP contribution >= 0.6 is 0 Å². The SMILES string of the molecule is CCC(C)C(NC(=O)C(N)CCCCN)C(=O)NCCCCC(N)C(=O)O. The zero-order chi connectivity index (χ0) is 20.8. The van der Waals surface area contributed by atoms with Gasteiger partial charge in [-0.25, -0.2) is 0 Å². The average molecular weight is 388 g/mol. The average Bonchev–Trinajstić information content (AvgIpc) is 2.64. The second-order valence-electron chi connectivity index (χ2n) is 6.99. The minimum absolute atomic E-state index is 0.0365. The van der Waals surface area contributed by atoms with E-state index in [0.29, 0.717) is 38.8 Å². The fourth-order valence-corrected chi connectivity index (χ4v) is 2.54. The third-order valence-electron chi connectivity index (χ3n) is 4.66. The summed E-state index contributed by atoms with van der Waals surface area (Å²) in [5, 5.41) is 14.3. The molecule has 0 radical (unpaired) electrons. The summed E-state index contributed by atoms with van der Waals surface area (Å²) in [7, 11) is 0. The van der Waals surface area contributed by atoms with Crippen LogP contribution in [0, 0.1) is 5.92 Å². The Morgan fingerprint density at radius 3 is 2.11 bits per heavy atom. The number of carboxylic acids is 1. The van der Waals surface area contributed by atoms with Crippen molar-refractivity contribution in [3.05, 3.63) is 0 Å². The Morgan fingerprint density at radius 1 is 0.963 bits per heavy atom. The number of unbranched alkanes of at least 4 members (excludes halogenated alkanes) is 2. The molecule has 0 spiro atoms. The Kier molecular flexibility index (Phi) is 13.5. The third kappa shape index (κ3) is 10.9. The Labute approximate surface area is 161 Å². The maximum absolute atomic E-state index is 12.5. The summed E-state index contributed by atoms with van der Waals surface area (Å²) in [6.07, 6.45) is 4.41. The molecule has 4 atom stereocenters. The summed E-state index contributed by atoms with van der Waals surface area (Å²) in [4.78, 5) is 35.4. The van der Waals surface area contributed by atoms with Crippen molar-refractivity contribution in [2.24, 2.45) is 23.1 Å². The fraction of sp³-hybridized carbons (Fsp3) is 0.833. The topological polar surface area (TPSA) is 174 Å². The zero-order valence-electron chi connectivity index (χ0n) is 16.6. The molecule has 0 rings (SSSR count). The van der Waals surface area contributed by atoms with Crippen LogP contribution in [0.5, 0.6) is 0 Å². The number of hydrogen-bond acceptors (Lipinski definition) is 6. The van der Waals surface area contributed by atoms with E-state index >= 15 is 0 Å². The van der Waals surface area contributed by atoms with Gasteiger partial charge in [-0.2, -0.15) is 0 Å². The molecule has 0 bridgehead atoms. The minimum atomic E-state index is -1.03. The minimum Gasteiger partial charge on any atom is -0.480 e. The quantitative estimate of drug-likeness (QED) is 0.209. The number of hydrogen-bond donors (Lipinski definition) is 6. The van der Waals surface area contributed by atoms with Gasteiger partial charge >= 0.3 is 5.97 Å². The van der Waals surface area contributed by atoms with Crippen LogP contribution in [-0.4, -0.2) is 54.1 Å². The number of nitrogens with two attached hydrogens (primary N) is 3. The van der Waals surface area contributed by atoms with E-state index in [0.717, 1.165) is 19.3 Å². The van der Waals surface area contributed by atoms with Crippen molar-refractivity contribution >= 4 is 17.8 Å². The molecule has 0 fully saturated rings. The van der Waals surface area contributed by atoms with Gasteiger partial charge in [-0.3, -0.25) is 14.4 Å². The summed E-state index contributed by atoms with van der Waals surface area (Å²) >= 11 is 0. The Balaban J connectivity index is 4.43. The smallest absolute Gasteiger partial charge is 0.320 e. The van der Waals surface area contributed by atoms with E-state index in [9.17, 15) is 14.4 Å². The highest BCUT2D eigenvalue weighted by Gasteiger charge is 2.27. The van der Waals surface area contributed by atoms with Crippen molar-refractivity contribution < 1.29 is 19.5 Å². The molecule has 0 aliphatic carbocycles. The summed E-state index contributed by atoms with van der Waals surface area (Å²) in [6, 6.07) is -2.19. The number of amides is 2. The highest BCUT2D eigenvalue weighted by molar-refractivity contribution is 5.89. The Morgan fingerprint density at radius 2 is 1.56 bits per heavy atom. The van der Waals surface area contributed by atoms with Crippen LogP contribution in [0.3, 0.4) is 0 Å². The third-order valence-corrected chi connectivity index (χ3v) is 4.66. The van der Waals surface area contributed by atoms with Gasteiger partial charge in [0.1, 0.15) is 12.1 Å². The number of aliphatic carboxylic acids is 1. The number of carbonyl (C=O) groups is 3. The number of carboxylic acid groups (broad SMARTS) is 1. The van der Waals surface area contributed by atoms with Gasteiger partial charge < -0.3 is 32.9 Å². The first-order chi connectivity index (χ1) is 12.7. The maximum Gasteiger partial charge on any atom is 0.320 e. The van der Waals surface area contributed by atoms with Crippen molar-refractivity contribution in [1.29, 1.82) is 0 Å². The van der Waals surface area contributed by atoms with E-state index in [1.165, 1.54) is 0 Å². The van der Waals surface area contributed by atoms with Crippen LogP contribution in [0.4, 0.5) is 0 Å². The summed E-state index contributed by atoms with van der Waals surface area (Å²) in [5.41, 5.74) is 16.8. The molecular weight excluding hydrogens is 350 g/mol. The number of carbonyl (C=O) groups excluding carboxylic acids is 2. The fourth-order valence-electron chi connectivity index (χ4n) is 2.54. The lowest BCUT2D eigenvalue weighted by molar-refractivity contribution is -0.138. The van der Waals surface area contributed by atoms with Crippen LogP contribution in [0.1, 0.15) is 58.8 Å². The highest BCUT2D eigenvalue weighted by atomic mass is 16.4. The monoisotopic (exact) mass is 387 g/mol. The van der Waals surface area contributed by atoms with Crippen LogP contribution in [0.15, 0.2) is 0 Å². The molecule has 0 aromatic heterocycles. The molecule has 9 nitrogen and oxygen atoms in total. The summed E-state index contributed by atoms with van der Waals surface area (Å²) < 4.78 is 0. The van der Waals surface area contributed by atoms with Crippen molar-refractivity contribution in [3.63, 3.8) is 0 Å². The van der Waals surface area contributed by atoms with E-state index < -0.39 is 24.1 Å². The molecule has 9 heteroatoms. The second kappa shape index (κ2) is 14.4. The molecule has 0 saturated heterocycles. The molecule has 9 N–H and O–H groups in total. The van der Waals surface area contributed by atoms with Crippen molar-refractivity contribution in [3.8, 4) is 0 Å². The molecule has 0 aromatic rings. The van der Waals surface area contributed by atoms with Gasteiger partial charge in [-0.1, -0.05) is 26.7 Å². The van der Waals surface area contributed by atoms with Crippen LogP contribution in [0.2, 0.25) is 0 Å². The van der Waals surface area contributed by atoms with E-state index in [-0.39, 0.29) is 17.7 Å². The first kappa shape index (κ1) is 25.3. The molecule has 0 saturated carbocycles. The van der Waals surface area contributed by atoms with Crippen molar-refractivity contribution in [1.82, 2.24) is 10.6 Å². The zero-order valence-corrected chi connectivity index (χ0v) is 16.6. The normalized spacial score (nSPS) is 15.4. The molecule has 0 heterocycles. The van der Waals surface area contributed by atoms with E-state index in [1.807, 2.05) is 13.8 Å². The van der Waals surface area contributed by atoms with Gasteiger partial charge in [0.2, 0.25) is 11.8 Å². The van der Waals surface area contributed by atoms with Gasteiger partial charge in [0.15, 0.2) is 0 Å². The van der Waals surface area contributed by atoms with Gasteiger partial charge in [-0.15, -0.1) is 0 Å². The van der Waals surface area contributed by atoms with Crippen LogP contribution in [-0.2, 0) is 14.4 Å². The van der Waals surface area contributed by atoms with Crippen molar-refractivity contribution in [2.45, 2.75) is 76.9 Å². The summed E-state index contributed by atoms with van der Waals surface area (Å²) in [6.45, 7) is 4.81.